The van der Waals surface area contributed by atoms with Crippen molar-refractivity contribution in [1.29, 1.82) is 0 Å². The minimum absolute atomic E-state index is 0.0433. The summed E-state index contributed by atoms with van der Waals surface area (Å²) >= 11 is 0. The van der Waals surface area contributed by atoms with E-state index in [1.54, 1.807) is 7.11 Å². The lowest BCUT2D eigenvalue weighted by Crippen LogP contribution is -2.19. The molecule has 3 nitrogen and oxygen atoms in total. The molecule has 0 amide bonds. The van der Waals surface area contributed by atoms with Gasteiger partial charge in [0, 0.05) is 6.54 Å². The minimum atomic E-state index is 0.0433. The highest BCUT2D eigenvalue weighted by molar-refractivity contribution is 5.28. The van der Waals surface area contributed by atoms with Crippen molar-refractivity contribution in [2.45, 2.75) is 19.6 Å². The maximum absolute atomic E-state index is 6.08. The predicted molar refractivity (Wildman–Crippen MR) is 85.6 cm³/mol. The zero-order valence-electron chi connectivity index (χ0n) is 12.9. The smallest absolute Gasteiger partial charge is 0.119 e. The lowest BCUT2D eigenvalue weighted by Gasteiger charge is -2.18. The van der Waals surface area contributed by atoms with Crippen LogP contribution in [0.25, 0.3) is 0 Å². The molecule has 0 heterocycles. The van der Waals surface area contributed by atoms with Crippen LogP contribution in [0.5, 0.6) is 5.75 Å². The van der Waals surface area contributed by atoms with E-state index in [1.807, 2.05) is 31.3 Å². The molecule has 0 saturated heterocycles. The Morgan fingerprint density at radius 2 is 1.86 bits per heavy atom. The molecule has 21 heavy (non-hydrogen) atoms. The van der Waals surface area contributed by atoms with Crippen molar-refractivity contribution < 1.29 is 9.47 Å². The number of benzene rings is 2. The van der Waals surface area contributed by atoms with E-state index in [2.05, 4.69) is 36.5 Å². The summed E-state index contributed by atoms with van der Waals surface area (Å²) < 4.78 is 11.3. The van der Waals surface area contributed by atoms with E-state index < -0.39 is 0 Å². The molecule has 0 fully saturated rings. The van der Waals surface area contributed by atoms with Crippen molar-refractivity contribution in [3.63, 3.8) is 0 Å². The van der Waals surface area contributed by atoms with Gasteiger partial charge in [-0.25, -0.2) is 0 Å². The highest BCUT2D eigenvalue weighted by Crippen LogP contribution is 2.20. The third-order valence-corrected chi connectivity index (χ3v) is 3.42. The Morgan fingerprint density at radius 3 is 2.52 bits per heavy atom. The highest BCUT2D eigenvalue weighted by Gasteiger charge is 2.11. The van der Waals surface area contributed by atoms with Gasteiger partial charge in [0.25, 0.3) is 0 Å². The van der Waals surface area contributed by atoms with Crippen LogP contribution in [0.2, 0.25) is 0 Å². The first-order valence-electron chi connectivity index (χ1n) is 7.18. The van der Waals surface area contributed by atoms with Gasteiger partial charge in [-0.2, -0.15) is 0 Å². The monoisotopic (exact) mass is 285 g/mol. The first-order chi connectivity index (χ1) is 10.2. The van der Waals surface area contributed by atoms with Gasteiger partial charge in [0.2, 0.25) is 0 Å². The van der Waals surface area contributed by atoms with Crippen molar-refractivity contribution in [3.05, 3.63) is 65.2 Å². The number of ether oxygens (including phenoxy) is 2. The number of methoxy groups -OCH3 is 1. The number of hydrogen-bond donors (Lipinski definition) is 1. The van der Waals surface area contributed by atoms with Crippen LogP contribution >= 0.6 is 0 Å². The number of likely N-dealkylation sites (N-methyl/N-ethyl adjacent to an activating group) is 1. The van der Waals surface area contributed by atoms with Gasteiger partial charge in [-0.15, -0.1) is 0 Å². The third kappa shape index (κ3) is 4.59. The Hall–Kier alpha value is -1.84. The van der Waals surface area contributed by atoms with Crippen LogP contribution in [0.15, 0.2) is 48.5 Å². The molecule has 3 heteroatoms. The maximum atomic E-state index is 6.08. The Balaban J connectivity index is 2.04. The molecule has 0 bridgehead atoms. The normalized spacial score (nSPS) is 12.1. The van der Waals surface area contributed by atoms with E-state index in [-0.39, 0.29) is 6.10 Å². The molecule has 0 spiro atoms. The number of nitrogens with one attached hydrogen (secondary N) is 1. The van der Waals surface area contributed by atoms with Gasteiger partial charge in [0.15, 0.2) is 0 Å². The van der Waals surface area contributed by atoms with Gasteiger partial charge >= 0.3 is 0 Å². The summed E-state index contributed by atoms with van der Waals surface area (Å²) in [5.74, 6) is 0.858. The van der Waals surface area contributed by atoms with Gasteiger partial charge in [-0.05, 0) is 37.2 Å². The molecule has 2 aromatic carbocycles. The van der Waals surface area contributed by atoms with Crippen LogP contribution in [-0.2, 0) is 11.3 Å². The summed E-state index contributed by atoms with van der Waals surface area (Å²) in [5, 5.41) is 3.19. The molecule has 1 atom stereocenters. The Morgan fingerprint density at radius 1 is 1.10 bits per heavy atom. The van der Waals surface area contributed by atoms with Gasteiger partial charge in [0.05, 0.1) is 19.8 Å². The highest BCUT2D eigenvalue weighted by atomic mass is 16.5. The third-order valence-electron chi connectivity index (χ3n) is 3.42. The van der Waals surface area contributed by atoms with Gasteiger partial charge in [-0.3, -0.25) is 0 Å². The average molecular weight is 285 g/mol. The summed E-state index contributed by atoms with van der Waals surface area (Å²) in [4.78, 5) is 0. The molecule has 0 aliphatic rings. The lowest BCUT2D eigenvalue weighted by atomic mass is 10.1. The topological polar surface area (TPSA) is 30.5 Å². The Kier molecular flexibility index (Phi) is 5.78. The molecule has 0 aromatic heterocycles. The second kappa shape index (κ2) is 7.81. The molecule has 0 aliphatic heterocycles. The molecule has 1 N–H and O–H groups in total. The van der Waals surface area contributed by atoms with Crippen LogP contribution in [0, 0.1) is 6.92 Å². The molecule has 1 unspecified atom stereocenters. The van der Waals surface area contributed by atoms with Crippen molar-refractivity contribution in [1.82, 2.24) is 5.32 Å². The number of aryl methyl sites for hydroxylation is 1. The van der Waals surface area contributed by atoms with E-state index in [1.165, 1.54) is 11.1 Å². The summed E-state index contributed by atoms with van der Waals surface area (Å²) in [5.41, 5.74) is 3.56. The van der Waals surface area contributed by atoms with E-state index in [0.717, 1.165) is 17.9 Å². The number of rotatable bonds is 7. The summed E-state index contributed by atoms with van der Waals surface area (Å²) in [6, 6.07) is 16.5. The van der Waals surface area contributed by atoms with Crippen LogP contribution in [0.3, 0.4) is 0 Å². The minimum Gasteiger partial charge on any atom is -0.497 e. The largest absolute Gasteiger partial charge is 0.497 e. The summed E-state index contributed by atoms with van der Waals surface area (Å²) in [7, 11) is 3.62. The second-order valence-electron chi connectivity index (χ2n) is 5.12. The van der Waals surface area contributed by atoms with Crippen molar-refractivity contribution >= 4 is 0 Å². The Bertz CT molecular complexity index is 551. The van der Waals surface area contributed by atoms with Crippen molar-refractivity contribution in [3.8, 4) is 5.75 Å². The zero-order chi connectivity index (χ0) is 15.1. The van der Waals surface area contributed by atoms with Gasteiger partial charge in [0.1, 0.15) is 5.75 Å². The fourth-order valence-electron chi connectivity index (χ4n) is 2.20. The molecule has 2 rings (SSSR count). The fraction of sp³-hybridized carbons (Fsp3) is 0.333. The van der Waals surface area contributed by atoms with Crippen LogP contribution < -0.4 is 10.1 Å². The molecule has 0 radical (unpaired) electrons. The average Bonchev–Trinajstić information content (AvgIpc) is 2.52. The summed E-state index contributed by atoms with van der Waals surface area (Å²) in [6.45, 7) is 3.44. The second-order valence-corrected chi connectivity index (χ2v) is 5.12. The van der Waals surface area contributed by atoms with Crippen LogP contribution in [0.1, 0.15) is 22.8 Å². The maximum Gasteiger partial charge on any atom is 0.119 e. The van der Waals surface area contributed by atoms with E-state index in [4.69, 9.17) is 9.47 Å². The van der Waals surface area contributed by atoms with E-state index in [0.29, 0.717) is 6.61 Å². The van der Waals surface area contributed by atoms with E-state index >= 15 is 0 Å². The van der Waals surface area contributed by atoms with Gasteiger partial charge < -0.3 is 14.8 Å². The summed E-state index contributed by atoms with van der Waals surface area (Å²) in [6.07, 6.45) is 0.0433. The molecular weight excluding hydrogens is 262 g/mol. The van der Waals surface area contributed by atoms with Crippen LogP contribution in [-0.4, -0.2) is 20.7 Å². The molecule has 112 valence electrons. The predicted octanol–water partition coefficient (Wildman–Crippen LogP) is 3.48. The first-order valence-corrected chi connectivity index (χ1v) is 7.18. The van der Waals surface area contributed by atoms with Gasteiger partial charge in [-0.1, -0.05) is 42.0 Å². The van der Waals surface area contributed by atoms with E-state index in [9.17, 15) is 0 Å². The van der Waals surface area contributed by atoms with Crippen molar-refractivity contribution in [2.24, 2.45) is 0 Å². The van der Waals surface area contributed by atoms with Crippen molar-refractivity contribution in [2.75, 3.05) is 20.7 Å². The molecule has 0 saturated carbocycles. The molecular formula is C18H23NO2. The standard InChI is InChI=1S/C18H23NO2/c1-14-7-9-16(10-8-14)18(12-19-2)21-13-15-5-4-6-17(11-15)20-3/h4-11,18-19H,12-13H2,1-3H3. The number of hydrogen-bond acceptors (Lipinski definition) is 3. The zero-order valence-corrected chi connectivity index (χ0v) is 12.9. The first kappa shape index (κ1) is 15.5. The fourth-order valence-corrected chi connectivity index (χ4v) is 2.20. The lowest BCUT2D eigenvalue weighted by molar-refractivity contribution is 0.0410. The SMILES string of the molecule is CNCC(OCc1cccc(OC)c1)c1ccc(C)cc1. The quantitative estimate of drug-likeness (QED) is 0.845. The molecule has 2 aromatic rings. The van der Waals surface area contributed by atoms with Crippen LogP contribution in [0.4, 0.5) is 0 Å². The molecule has 0 aliphatic carbocycles. The Labute approximate surface area is 126 Å².